The number of carbonyl (C=O) groups is 3. The van der Waals surface area contributed by atoms with Gasteiger partial charge in [0.05, 0.1) is 24.5 Å². The second kappa shape index (κ2) is 10.6. The van der Waals surface area contributed by atoms with Crippen molar-refractivity contribution in [2.75, 3.05) is 13.2 Å². The first kappa shape index (κ1) is 21.9. The molecule has 23 heavy (non-hydrogen) atoms. The van der Waals surface area contributed by atoms with Gasteiger partial charge in [-0.3, -0.25) is 9.59 Å². The van der Waals surface area contributed by atoms with Crippen molar-refractivity contribution < 1.29 is 23.3 Å². The van der Waals surface area contributed by atoms with Gasteiger partial charge in [-0.2, -0.15) is 0 Å². The Hall–Kier alpha value is -1.08. The van der Waals surface area contributed by atoms with Crippen LogP contribution >= 0.6 is 12.9 Å². The number of hydrogen-bond acceptors (Lipinski definition) is 6. The van der Waals surface area contributed by atoms with Crippen LogP contribution in [0.3, 0.4) is 0 Å². The number of imide groups is 1. The number of carbonyl (C=O) groups excluding carboxylic acids is 3. The molecule has 2 atom stereocenters. The average Bonchev–Trinajstić information content (AvgIpc) is 2.97. The summed E-state index contributed by atoms with van der Waals surface area (Å²) in [4.78, 5) is 36.6. The molecule has 0 spiro atoms. The van der Waals surface area contributed by atoms with E-state index in [1.165, 1.54) is 6.42 Å². The van der Waals surface area contributed by atoms with Gasteiger partial charge in [0.2, 0.25) is 5.91 Å². The zero-order valence-electron chi connectivity index (χ0n) is 14.8. The first-order valence-corrected chi connectivity index (χ1v) is 8.49. The molecule has 0 aliphatic carbocycles. The summed E-state index contributed by atoms with van der Waals surface area (Å²) in [5.74, 6) is -0.397. The minimum atomic E-state index is -0.796. The minimum absolute atomic E-state index is 0.0100. The van der Waals surface area contributed by atoms with Gasteiger partial charge < -0.3 is 8.92 Å². The molecule has 1 saturated heterocycles. The van der Waals surface area contributed by atoms with E-state index in [1.54, 1.807) is 13.8 Å². The van der Waals surface area contributed by atoms with Crippen molar-refractivity contribution in [2.24, 2.45) is 5.41 Å². The highest BCUT2D eigenvalue weighted by Crippen LogP contribution is 2.34. The van der Waals surface area contributed by atoms with Gasteiger partial charge in [0.25, 0.3) is 0 Å². The first-order valence-electron chi connectivity index (χ1n) is 8.12. The van der Waals surface area contributed by atoms with Crippen LogP contribution in [-0.2, 0) is 18.5 Å². The van der Waals surface area contributed by atoms with Crippen molar-refractivity contribution in [1.29, 1.82) is 0 Å². The molecule has 1 rings (SSSR count). The fourth-order valence-electron chi connectivity index (χ4n) is 2.28. The summed E-state index contributed by atoms with van der Waals surface area (Å²) in [5.41, 5.74) is -0.796. The molecule has 0 N–H and O–H groups in total. The smallest absolute Gasteiger partial charge is 0.416 e. The Kier molecular flexibility index (Phi) is 10.1. The molecule has 2 unspecified atom stereocenters. The van der Waals surface area contributed by atoms with Crippen molar-refractivity contribution in [3.63, 3.8) is 0 Å². The summed E-state index contributed by atoms with van der Waals surface area (Å²) < 4.78 is 9.79. The molecule has 1 fully saturated rings. The van der Waals surface area contributed by atoms with Crippen LogP contribution in [0.4, 0.5) is 4.79 Å². The normalized spacial score (nSPS) is 17.7. The van der Waals surface area contributed by atoms with E-state index in [2.05, 4.69) is 26.8 Å². The van der Waals surface area contributed by atoms with Crippen molar-refractivity contribution in [3.05, 3.63) is 0 Å². The summed E-state index contributed by atoms with van der Waals surface area (Å²) in [7, 11) is 0. The number of Topliss-reactive ketones (excluding diaryl/α,β-unsaturated/α-hetero) is 1. The SMILES string of the molecule is CCC.CCC(=O)C(C)(CC)C(CC(=O)N1CCOC1=O)OS. The standard InChI is InChI=1S/C13H21NO5S.C3H8/c1-4-9(15)13(3,5-2)10(19-20)8-11(16)14-6-7-18-12(14)17;1-3-2/h10,20H,4-8H2,1-3H3;3H2,1-2H3. The summed E-state index contributed by atoms with van der Waals surface area (Å²) in [5, 5.41) is 0. The lowest BCUT2D eigenvalue weighted by Crippen LogP contribution is -2.44. The van der Waals surface area contributed by atoms with E-state index in [1.807, 2.05) is 6.92 Å². The maximum absolute atomic E-state index is 12.1. The highest BCUT2D eigenvalue weighted by Gasteiger charge is 2.42. The highest BCUT2D eigenvalue weighted by molar-refractivity contribution is 7.75. The van der Waals surface area contributed by atoms with Crippen molar-refractivity contribution >= 4 is 30.7 Å². The molecule has 0 saturated carbocycles. The van der Waals surface area contributed by atoms with Crippen LogP contribution in [0, 0.1) is 5.41 Å². The zero-order chi connectivity index (χ0) is 18.0. The lowest BCUT2D eigenvalue weighted by Gasteiger charge is -2.33. The van der Waals surface area contributed by atoms with E-state index in [-0.39, 0.29) is 25.4 Å². The Morgan fingerprint density at radius 1 is 1.35 bits per heavy atom. The van der Waals surface area contributed by atoms with Crippen molar-refractivity contribution in [3.8, 4) is 0 Å². The van der Waals surface area contributed by atoms with Crippen LogP contribution in [0.5, 0.6) is 0 Å². The third-order valence-electron chi connectivity index (χ3n) is 3.95. The molecule has 0 radical (unpaired) electrons. The van der Waals surface area contributed by atoms with E-state index in [4.69, 9.17) is 8.92 Å². The average molecular weight is 347 g/mol. The van der Waals surface area contributed by atoms with Gasteiger partial charge in [0.1, 0.15) is 12.4 Å². The number of thiol groups is 1. The van der Waals surface area contributed by atoms with Crippen LogP contribution < -0.4 is 0 Å². The molecular weight excluding hydrogens is 318 g/mol. The predicted molar refractivity (Wildman–Crippen MR) is 91.2 cm³/mol. The fraction of sp³-hybridized carbons (Fsp3) is 0.812. The van der Waals surface area contributed by atoms with Gasteiger partial charge in [0, 0.05) is 6.42 Å². The third kappa shape index (κ3) is 5.80. The maximum Gasteiger partial charge on any atom is 0.416 e. The van der Waals surface area contributed by atoms with Gasteiger partial charge in [0.15, 0.2) is 0 Å². The van der Waals surface area contributed by atoms with E-state index < -0.39 is 23.5 Å². The number of amides is 2. The quantitative estimate of drug-likeness (QED) is 0.564. The number of ketones is 1. The Morgan fingerprint density at radius 2 is 1.91 bits per heavy atom. The molecule has 7 heteroatoms. The van der Waals surface area contributed by atoms with E-state index in [0.717, 1.165) is 4.90 Å². The minimum Gasteiger partial charge on any atom is -0.447 e. The summed E-state index contributed by atoms with van der Waals surface area (Å²) >= 11 is 3.80. The van der Waals surface area contributed by atoms with Gasteiger partial charge in [-0.05, 0) is 19.3 Å². The van der Waals surface area contributed by atoms with Gasteiger partial charge in [-0.1, -0.05) is 41.0 Å². The maximum atomic E-state index is 12.1. The lowest BCUT2D eigenvalue weighted by atomic mass is 9.75. The number of rotatable bonds is 7. The molecule has 2 amide bonds. The molecule has 1 heterocycles. The Balaban J connectivity index is 0.00000149. The van der Waals surface area contributed by atoms with Crippen molar-refractivity contribution in [1.82, 2.24) is 4.90 Å². The zero-order valence-corrected chi connectivity index (χ0v) is 15.7. The third-order valence-corrected chi connectivity index (χ3v) is 4.21. The summed E-state index contributed by atoms with van der Waals surface area (Å²) in [6.45, 7) is 10.1. The Morgan fingerprint density at radius 3 is 2.26 bits per heavy atom. The van der Waals surface area contributed by atoms with E-state index >= 15 is 0 Å². The van der Waals surface area contributed by atoms with Gasteiger partial charge in [-0.15, -0.1) is 0 Å². The molecule has 1 aliphatic rings. The first-order chi connectivity index (χ1) is 10.8. The largest absolute Gasteiger partial charge is 0.447 e. The molecule has 1 aliphatic heterocycles. The molecule has 6 nitrogen and oxygen atoms in total. The molecule has 0 bridgehead atoms. The van der Waals surface area contributed by atoms with Crippen LogP contribution in [0.2, 0.25) is 0 Å². The molecule has 0 aromatic heterocycles. The number of cyclic esters (lactones) is 1. The van der Waals surface area contributed by atoms with Crippen LogP contribution in [0.25, 0.3) is 0 Å². The molecular formula is C16H29NO5S. The predicted octanol–water partition coefficient (Wildman–Crippen LogP) is 3.40. The van der Waals surface area contributed by atoms with Crippen molar-refractivity contribution in [2.45, 2.75) is 66.4 Å². The summed E-state index contributed by atoms with van der Waals surface area (Å²) in [6, 6.07) is 0. The number of nitrogens with zero attached hydrogens (tertiary/aromatic N) is 1. The van der Waals surface area contributed by atoms with E-state index in [9.17, 15) is 14.4 Å². The topological polar surface area (TPSA) is 72.9 Å². The van der Waals surface area contributed by atoms with Gasteiger partial charge in [-0.25, -0.2) is 9.69 Å². The monoisotopic (exact) mass is 347 g/mol. The highest BCUT2D eigenvalue weighted by atomic mass is 32.1. The fourth-order valence-corrected chi connectivity index (χ4v) is 2.58. The number of hydrogen-bond donors (Lipinski definition) is 1. The van der Waals surface area contributed by atoms with Crippen LogP contribution in [0.1, 0.15) is 60.3 Å². The molecule has 0 aromatic carbocycles. The summed E-state index contributed by atoms with van der Waals surface area (Å²) in [6.07, 6.45) is 0.743. The van der Waals surface area contributed by atoms with Gasteiger partial charge >= 0.3 is 6.09 Å². The Labute approximate surface area is 144 Å². The molecule has 0 aromatic rings. The van der Waals surface area contributed by atoms with Crippen LogP contribution in [0.15, 0.2) is 0 Å². The number of ether oxygens (including phenoxy) is 1. The second-order valence-electron chi connectivity index (χ2n) is 5.71. The Bertz CT molecular complexity index is 415. The lowest BCUT2D eigenvalue weighted by molar-refractivity contribution is -0.137. The molecule has 134 valence electrons. The van der Waals surface area contributed by atoms with E-state index in [0.29, 0.717) is 12.8 Å². The van der Waals surface area contributed by atoms with Crippen LogP contribution in [-0.4, -0.2) is 41.9 Å². The second-order valence-corrected chi connectivity index (χ2v) is 5.92.